The van der Waals surface area contributed by atoms with Crippen LogP contribution in [-0.4, -0.2) is 44.4 Å². The molecule has 31 heavy (non-hydrogen) atoms. The number of aromatic nitrogens is 2. The van der Waals surface area contributed by atoms with Gasteiger partial charge in [-0.05, 0) is 25.1 Å². The van der Waals surface area contributed by atoms with Gasteiger partial charge < -0.3 is 20.3 Å². The monoisotopic (exact) mass is 447 g/mol. The van der Waals surface area contributed by atoms with E-state index in [1.54, 1.807) is 13.0 Å². The fourth-order valence-electron chi connectivity index (χ4n) is 3.44. The van der Waals surface area contributed by atoms with Gasteiger partial charge in [-0.1, -0.05) is 6.07 Å². The van der Waals surface area contributed by atoms with Crippen LogP contribution in [0.3, 0.4) is 0 Å². The Morgan fingerprint density at radius 3 is 2.71 bits per heavy atom. The van der Waals surface area contributed by atoms with Crippen LogP contribution in [0.5, 0.6) is 0 Å². The lowest BCUT2D eigenvalue weighted by atomic mass is 9.94. The van der Waals surface area contributed by atoms with Crippen LogP contribution >= 0.6 is 11.3 Å². The highest BCUT2D eigenvalue weighted by Crippen LogP contribution is 2.35. The summed E-state index contributed by atoms with van der Waals surface area (Å²) in [4.78, 5) is 20.8. The zero-order chi connectivity index (χ0) is 22.1. The summed E-state index contributed by atoms with van der Waals surface area (Å²) in [5.41, 5.74) is 0.633. The van der Waals surface area contributed by atoms with Gasteiger partial charge in [0.2, 0.25) is 0 Å². The molecule has 3 N–H and O–H groups in total. The summed E-state index contributed by atoms with van der Waals surface area (Å²) in [7, 11) is 0. The number of halogens is 2. The number of ether oxygens (including phenoxy) is 1. The molecule has 1 aromatic carbocycles. The number of pyridine rings is 1. The molecule has 1 amide bonds. The van der Waals surface area contributed by atoms with Gasteiger partial charge in [-0.3, -0.25) is 9.78 Å². The molecule has 1 saturated heterocycles. The minimum atomic E-state index is -0.997. The second kappa shape index (κ2) is 8.75. The van der Waals surface area contributed by atoms with E-state index in [-0.39, 0.29) is 22.7 Å². The van der Waals surface area contributed by atoms with E-state index >= 15 is 0 Å². The van der Waals surface area contributed by atoms with Crippen LogP contribution < -0.4 is 5.32 Å². The Balaban J connectivity index is 1.56. The van der Waals surface area contributed by atoms with Gasteiger partial charge in [0.25, 0.3) is 5.91 Å². The van der Waals surface area contributed by atoms with Crippen molar-refractivity contribution in [3.05, 3.63) is 64.9 Å². The van der Waals surface area contributed by atoms with Crippen molar-refractivity contribution < 1.29 is 28.5 Å². The second-order valence-electron chi connectivity index (χ2n) is 7.18. The largest absolute Gasteiger partial charge is 0.390 e. The molecule has 162 valence electrons. The average molecular weight is 447 g/mol. The van der Waals surface area contributed by atoms with Gasteiger partial charge in [-0.2, -0.15) is 0 Å². The lowest BCUT2D eigenvalue weighted by molar-refractivity contribution is -0.163. The van der Waals surface area contributed by atoms with Crippen molar-refractivity contribution in [2.45, 2.75) is 37.8 Å². The highest BCUT2D eigenvalue weighted by atomic mass is 32.1. The molecule has 0 bridgehead atoms. The Hall–Kier alpha value is -2.79. The van der Waals surface area contributed by atoms with Crippen LogP contribution in [0, 0.1) is 11.6 Å². The Morgan fingerprint density at radius 1 is 1.26 bits per heavy atom. The Labute approximate surface area is 180 Å². The van der Waals surface area contributed by atoms with Crippen LogP contribution in [0.15, 0.2) is 42.0 Å². The van der Waals surface area contributed by atoms with Gasteiger partial charge in [-0.25, -0.2) is 13.8 Å². The van der Waals surface area contributed by atoms with E-state index in [0.29, 0.717) is 11.3 Å². The molecular formula is C21H19F2N3O4S. The average Bonchev–Trinajstić information content (AvgIpc) is 3.22. The van der Waals surface area contributed by atoms with Crippen molar-refractivity contribution >= 4 is 22.9 Å². The molecule has 3 aromatic rings. The van der Waals surface area contributed by atoms with Gasteiger partial charge in [0, 0.05) is 23.6 Å². The van der Waals surface area contributed by atoms with Crippen molar-refractivity contribution in [3.63, 3.8) is 0 Å². The number of nitrogens with one attached hydrogen (secondary N) is 1. The number of aliphatic hydroxyl groups is 2. The Morgan fingerprint density at radius 2 is 2.00 bits per heavy atom. The zero-order valence-electron chi connectivity index (χ0n) is 16.3. The zero-order valence-corrected chi connectivity index (χ0v) is 17.1. The number of hydrogen-bond donors (Lipinski definition) is 3. The first-order chi connectivity index (χ1) is 14.8. The van der Waals surface area contributed by atoms with Gasteiger partial charge in [0.05, 0.1) is 35.8 Å². The molecule has 0 saturated carbocycles. The van der Waals surface area contributed by atoms with Crippen LogP contribution in [0.4, 0.5) is 14.5 Å². The highest BCUT2D eigenvalue weighted by Gasteiger charge is 2.35. The van der Waals surface area contributed by atoms with Crippen molar-refractivity contribution in [1.82, 2.24) is 9.97 Å². The number of benzene rings is 1. The fraction of sp³-hybridized carbons (Fsp3) is 0.286. The first kappa shape index (κ1) is 21.4. The third-order valence-corrected chi connectivity index (χ3v) is 5.93. The molecule has 3 heterocycles. The summed E-state index contributed by atoms with van der Waals surface area (Å²) in [6.45, 7) is 1.65. The molecule has 2 aromatic heterocycles. The van der Waals surface area contributed by atoms with Crippen LogP contribution in [0.1, 0.15) is 35.5 Å². The van der Waals surface area contributed by atoms with Crippen molar-refractivity contribution in [1.29, 1.82) is 0 Å². The molecular weight excluding hydrogens is 428 g/mol. The highest BCUT2D eigenvalue weighted by molar-refractivity contribution is 7.13. The van der Waals surface area contributed by atoms with E-state index in [0.717, 1.165) is 23.5 Å². The van der Waals surface area contributed by atoms with E-state index in [4.69, 9.17) is 4.74 Å². The first-order valence-electron chi connectivity index (χ1n) is 9.52. The Kier molecular flexibility index (Phi) is 6.05. The number of rotatable bonds is 4. The summed E-state index contributed by atoms with van der Waals surface area (Å²) >= 11 is 0.950. The summed E-state index contributed by atoms with van der Waals surface area (Å²) in [6.07, 6.45) is -0.0231. The second-order valence-corrected chi connectivity index (χ2v) is 8.03. The van der Waals surface area contributed by atoms with Gasteiger partial charge in [0.1, 0.15) is 28.4 Å². The van der Waals surface area contributed by atoms with Crippen molar-refractivity contribution in [2.24, 2.45) is 0 Å². The predicted octanol–water partition coefficient (Wildman–Crippen LogP) is 3.31. The maximum Gasteiger partial charge on any atom is 0.275 e. The van der Waals surface area contributed by atoms with E-state index in [1.165, 1.54) is 23.8 Å². The molecule has 4 rings (SSSR count). The van der Waals surface area contributed by atoms with Gasteiger partial charge >= 0.3 is 0 Å². The summed E-state index contributed by atoms with van der Waals surface area (Å²) in [6, 6.07) is 5.15. The van der Waals surface area contributed by atoms with E-state index in [9.17, 15) is 23.8 Å². The number of thiazole rings is 1. The number of nitrogens with zero attached hydrogens (tertiary/aromatic N) is 2. The number of hydrogen-bond acceptors (Lipinski definition) is 7. The molecule has 4 atom stereocenters. The van der Waals surface area contributed by atoms with E-state index in [2.05, 4.69) is 15.3 Å². The maximum absolute atomic E-state index is 14.0. The predicted molar refractivity (Wildman–Crippen MR) is 110 cm³/mol. The molecule has 0 spiro atoms. The lowest BCUT2D eigenvalue weighted by Gasteiger charge is -2.36. The van der Waals surface area contributed by atoms with Crippen LogP contribution in [0.25, 0.3) is 10.6 Å². The van der Waals surface area contributed by atoms with Crippen LogP contribution in [-0.2, 0) is 4.74 Å². The third-order valence-electron chi connectivity index (χ3n) is 5.07. The SMILES string of the molecule is CC1OC(c2ccncc2NC(=O)c2csc(-c3c(F)cccc3F)n2)CC(O)C1O. The summed E-state index contributed by atoms with van der Waals surface area (Å²) < 4.78 is 33.8. The number of carbonyl (C=O) groups excluding carboxylic acids is 1. The Bertz CT molecular complexity index is 1080. The lowest BCUT2D eigenvalue weighted by Crippen LogP contribution is -2.44. The van der Waals surface area contributed by atoms with Crippen LogP contribution in [0.2, 0.25) is 0 Å². The fourth-order valence-corrected chi connectivity index (χ4v) is 4.29. The molecule has 0 aliphatic carbocycles. The molecule has 1 aliphatic rings. The molecule has 7 nitrogen and oxygen atoms in total. The van der Waals surface area contributed by atoms with Gasteiger partial charge in [-0.15, -0.1) is 11.3 Å². The maximum atomic E-state index is 14.0. The molecule has 10 heteroatoms. The molecule has 0 radical (unpaired) electrons. The smallest absolute Gasteiger partial charge is 0.275 e. The van der Waals surface area contributed by atoms with E-state index in [1.807, 2.05) is 0 Å². The number of aliphatic hydroxyl groups excluding tert-OH is 2. The summed E-state index contributed by atoms with van der Waals surface area (Å²) in [5, 5.41) is 24.1. The standard InChI is InChI=1S/C21H19F2N3O4S/c1-10-19(28)16(27)7-17(30-10)11-5-6-24-8-14(11)25-20(29)15-9-31-21(26-15)18-12(22)3-2-4-13(18)23/h2-6,8-10,16-17,19,27-28H,7H2,1H3,(H,25,29). The topological polar surface area (TPSA) is 105 Å². The number of carbonyl (C=O) groups is 1. The summed E-state index contributed by atoms with van der Waals surface area (Å²) in [5.74, 6) is -2.11. The first-order valence-corrected chi connectivity index (χ1v) is 10.4. The third kappa shape index (κ3) is 4.33. The molecule has 1 fully saturated rings. The normalized spacial score (nSPS) is 23.5. The minimum Gasteiger partial charge on any atom is -0.390 e. The van der Waals surface area contributed by atoms with Crippen molar-refractivity contribution in [3.8, 4) is 10.6 Å². The number of amides is 1. The van der Waals surface area contributed by atoms with Gasteiger partial charge in [0.15, 0.2) is 0 Å². The van der Waals surface area contributed by atoms with Crippen molar-refractivity contribution in [2.75, 3.05) is 5.32 Å². The quantitative estimate of drug-likeness (QED) is 0.567. The molecule has 1 aliphatic heterocycles. The molecule has 4 unspecified atom stereocenters. The number of anilines is 1. The van der Waals surface area contributed by atoms with E-state index < -0.39 is 42.0 Å². The minimum absolute atomic E-state index is 0.00848.